The van der Waals surface area contributed by atoms with Gasteiger partial charge in [0.25, 0.3) is 12.4 Å². The predicted octanol–water partition coefficient (Wildman–Crippen LogP) is 6.76. The van der Waals surface area contributed by atoms with Crippen molar-refractivity contribution in [3.8, 4) is 16.9 Å². The van der Waals surface area contributed by atoms with Crippen LogP contribution in [0.25, 0.3) is 11.1 Å². The molecule has 1 fully saturated rings. The van der Waals surface area contributed by atoms with Crippen LogP contribution in [0.15, 0.2) is 66.7 Å². The fourth-order valence-electron chi connectivity index (χ4n) is 4.46. The molecule has 1 saturated carbocycles. The maximum atomic E-state index is 13.6. The molecule has 6 heteroatoms. The Morgan fingerprint density at radius 2 is 1.66 bits per heavy atom. The van der Waals surface area contributed by atoms with Crippen molar-refractivity contribution in [1.29, 1.82) is 0 Å². The van der Waals surface area contributed by atoms with Crippen LogP contribution in [-0.2, 0) is 11.3 Å². The molecule has 3 aromatic carbocycles. The van der Waals surface area contributed by atoms with Gasteiger partial charge in [0.1, 0.15) is 11.5 Å². The van der Waals surface area contributed by atoms with E-state index in [1.54, 1.807) is 4.90 Å². The van der Waals surface area contributed by atoms with Crippen LogP contribution in [0.4, 0.5) is 0 Å². The van der Waals surface area contributed by atoms with Gasteiger partial charge in [-0.3, -0.25) is 9.59 Å². The van der Waals surface area contributed by atoms with E-state index in [4.69, 9.17) is 14.6 Å². The number of rotatable bonds is 11. The number of aryl methyl sites for hydroxylation is 1. The zero-order chi connectivity index (χ0) is 27.5. The lowest BCUT2D eigenvalue weighted by Gasteiger charge is -2.29. The molecule has 0 spiro atoms. The first-order chi connectivity index (χ1) is 18.3. The van der Waals surface area contributed by atoms with Crippen molar-refractivity contribution >= 4 is 12.4 Å². The molecule has 0 radical (unpaired) electrons. The fraction of sp³-hybridized carbons (Fsp3) is 0.375. The Balaban J connectivity index is 0.00000127. The van der Waals surface area contributed by atoms with Gasteiger partial charge < -0.3 is 19.8 Å². The number of aliphatic hydroxyl groups is 1. The predicted molar refractivity (Wildman–Crippen MR) is 150 cm³/mol. The summed E-state index contributed by atoms with van der Waals surface area (Å²) in [6.45, 7) is 7.16. The van der Waals surface area contributed by atoms with Crippen LogP contribution in [0.1, 0.15) is 72.5 Å². The summed E-state index contributed by atoms with van der Waals surface area (Å²) in [7, 11) is 0. The highest BCUT2D eigenvalue weighted by molar-refractivity contribution is 5.95. The zero-order valence-corrected chi connectivity index (χ0v) is 22.7. The first-order valence-electron chi connectivity index (χ1n) is 13.3. The minimum Gasteiger partial charge on any atom is -0.493 e. The summed E-state index contributed by atoms with van der Waals surface area (Å²) >= 11 is 0. The summed E-state index contributed by atoms with van der Waals surface area (Å²) in [6.07, 6.45) is 5.77. The number of benzene rings is 3. The Kier molecular flexibility index (Phi) is 10.5. The van der Waals surface area contributed by atoms with Gasteiger partial charge in [0.05, 0.1) is 13.2 Å². The van der Waals surface area contributed by atoms with Crippen LogP contribution in [-0.4, -0.2) is 39.8 Å². The normalized spacial score (nSPS) is 13.2. The lowest BCUT2D eigenvalue weighted by atomic mass is 9.96. The molecule has 0 unspecified atom stereocenters. The summed E-state index contributed by atoms with van der Waals surface area (Å²) in [5.74, 6) is 0.631. The molecule has 0 saturated heterocycles. The topological polar surface area (TPSA) is 87.1 Å². The molecule has 0 atom stereocenters. The lowest BCUT2D eigenvalue weighted by Crippen LogP contribution is -2.41. The molecule has 0 heterocycles. The van der Waals surface area contributed by atoms with Crippen LogP contribution in [0.3, 0.4) is 0 Å². The number of para-hydroxylation sites is 1. The fourth-order valence-corrected chi connectivity index (χ4v) is 4.46. The Morgan fingerprint density at radius 1 is 0.974 bits per heavy atom. The van der Waals surface area contributed by atoms with Crippen molar-refractivity contribution in [3.63, 3.8) is 0 Å². The number of carbonyl (C=O) groups is 2. The van der Waals surface area contributed by atoms with Crippen molar-refractivity contribution in [2.24, 2.45) is 0 Å². The van der Waals surface area contributed by atoms with Gasteiger partial charge in [-0.15, -0.1) is 0 Å². The Labute approximate surface area is 225 Å². The van der Waals surface area contributed by atoms with Crippen LogP contribution in [0.5, 0.6) is 5.75 Å². The largest absolute Gasteiger partial charge is 0.493 e. The molecule has 0 aliphatic heterocycles. The first-order valence-corrected chi connectivity index (χ1v) is 13.3. The number of amides is 1. The first kappa shape index (κ1) is 28.9. The van der Waals surface area contributed by atoms with Crippen LogP contribution in [0, 0.1) is 13.8 Å². The van der Waals surface area contributed by atoms with Crippen LogP contribution >= 0.6 is 0 Å². The van der Waals surface area contributed by atoms with E-state index in [1.807, 2.05) is 48.5 Å². The van der Waals surface area contributed by atoms with E-state index in [0.29, 0.717) is 31.6 Å². The molecule has 1 amide bonds. The van der Waals surface area contributed by atoms with Crippen molar-refractivity contribution in [1.82, 2.24) is 4.90 Å². The number of ether oxygens (including phenoxy) is 1. The summed E-state index contributed by atoms with van der Waals surface area (Å²) in [6, 6.07) is 21.9. The van der Waals surface area contributed by atoms with Crippen molar-refractivity contribution in [3.05, 3.63) is 89.0 Å². The second-order valence-corrected chi connectivity index (χ2v) is 9.82. The molecule has 1 aliphatic carbocycles. The Hall–Kier alpha value is -3.64. The Morgan fingerprint density at radius 3 is 2.32 bits per heavy atom. The SMILES string of the molecule is CCCCCCOc1ccccc1CN(C(=O)c1ccc(-c2cccc(C)c2C)cc1)C1(O)CC1.O=CO. The van der Waals surface area contributed by atoms with E-state index < -0.39 is 5.72 Å². The number of hydrogen-bond donors (Lipinski definition) is 2. The number of nitrogens with zero attached hydrogens (tertiary/aromatic N) is 1. The average molecular weight is 518 g/mol. The number of unbranched alkanes of at least 4 members (excludes halogenated alkanes) is 3. The molecule has 4 rings (SSSR count). The standard InChI is InChI=1S/C31H37NO3.CH2O2/c1-4-5-6-9-21-35-29-14-8-7-12-27(29)22-32(31(34)19-20-31)30(33)26-17-15-25(16-18-26)28-13-10-11-23(2)24(28)3;2-1-3/h7-8,10-18,34H,4-6,9,19-22H2,1-3H3;1H,(H,2,3). The highest BCUT2D eigenvalue weighted by atomic mass is 16.5. The molecule has 6 nitrogen and oxygen atoms in total. The van der Waals surface area contributed by atoms with E-state index in [1.165, 1.54) is 29.5 Å². The zero-order valence-electron chi connectivity index (χ0n) is 22.7. The summed E-state index contributed by atoms with van der Waals surface area (Å²) in [5.41, 5.74) is 5.16. The molecule has 1 aliphatic rings. The van der Waals surface area contributed by atoms with E-state index in [9.17, 15) is 9.90 Å². The van der Waals surface area contributed by atoms with E-state index in [-0.39, 0.29) is 12.4 Å². The van der Waals surface area contributed by atoms with Gasteiger partial charge >= 0.3 is 0 Å². The quantitative estimate of drug-likeness (QED) is 0.167. The number of hydrogen-bond acceptors (Lipinski definition) is 4. The van der Waals surface area contributed by atoms with Gasteiger partial charge in [-0.2, -0.15) is 0 Å². The molecular formula is C32H39NO5. The highest BCUT2D eigenvalue weighted by Crippen LogP contribution is 2.41. The smallest absolute Gasteiger partial charge is 0.290 e. The molecule has 2 N–H and O–H groups in total. The average Bonchev–Trinajstić information content (AvgIpc) is 3.67. The van der Waals surface area contributed by atoms with Gasteiger partial charge in [0, 0.05) is 11.1 Å². The molecule has 38 heavy (non-hydrogen) atoms. The molecular weight excluding hydrogens is 478 g/mol. The number of carbonyl (C=O) groups excluding carboxylic acids is 1. The monoisotopic (exact) mass is 517 g/mol. The Bertz CT molecular complexity index is 1200. The van der Waals surface area contributed by atoms with Gasteiger partial charge in [0.15, 0.2) is 0 Å². The van der Waals surface area contributed by atoms with Gasteiger partial charge in [-0.05, 0) is 73.6 Å². The summed E-state index contributed by atoms with van der Waals surface area (Å²) in [5, 5.41) is 17.9. The minimum absolute atomic E-state index is 0.157. The molecule has 0 bridgehead atoms. The third-order valence-electron chi connectivity index (χ3n) is 7.05. The van der Waals surface area contributed by atoms with E-state index in [2.05, 4.69) is 39.0 Å². The highest BCUT2D eigenvalue weighted by Gasteiger charge is 2.49. The third kappa shape index (κ3) is 7.45. The molecule has 3 aromatic rings. The van der Waals surface area contributed by atoms with E-state index in [0.717, 1.165) is 29.7 Å². The second kappa shape index (κ2) is 13.8. The molecule has 0 aromatic heterocycles. The molecule has 202 valence electrons. The number of carboxylic acid groups (broad SMARTS) is 1. The van der Waals surface area contributed by atoms with E-state index >= 15 is 0 Å². The second-order valence-electron chi connectivity index (χ2n) is 9.82. The van der Waals surface area contributed by atoms with Gasteiger partial charge in [-0.1, -0.05) is 74.7 Å². The van der Waals surface area contributed by atoms with Gasteiger partial charge in [-0.25, -0.2) is 0 Å². The maximum Gasteiger partial charge on any atom is 0.290 e. The third-order valence-corrected chi connectivity index (χ3v) is 7.05. The maximum absolute atomic E-state index is 13.6. The lowest BCUT2D eigenvalue weighted by molar-refractivity contribution is -0.122. The van der Waals surface area contributed by atoms with Crippen LogP contribution in [0.2, 0.25) is 0 Å². The van der Waals surface area contributed by atoms with Crippen molar-refractivity contribution in [2.45, 2.75) is 71.6 Å². The van der Waals surface area contributed by atoms with Crippen molar-refractivity contribution in [2.75, 3.05) is 6.61 Å². The van der Waals surface area contributed by atoms with Crippen molar-refractivity contribution < 1.29 is 24.5 Å². The summed E-state index contributed by atoms with van der Waals surface area (Å²) < 4.78 is 6.07. The summed E-state index contributed by atoms with van der Waals surface area (Å²) in [4.78, 5) is 23.5. The van der Waals surface area contributed by atoms with Gasteiger partial charge in [0.2, 0.25) is 0 Å². The van der Waals surface area contributed by atoms with Crippen LogP contribution < -0.4 is 4.74 Å². The minimum atomic E-state index is -1.09.